The molecule has 2 amide bonds. The monoisotopic (exact) mass is 286 g/mol. The van der Waals surface area contributed by atoms with Crippen molar-refractivity contribution >= 4 is 22.8 Å². The number of carbonyl (C=O) groups is 2. The summed E-state index contributed by atoms with van der Waals surface area (Å²) in [6.45, 7) is 0.611. The van der Waals surface area contributed by atoms with Crippen LogP contribution in [0.4, 0.5) is 4.79 Å². The molecule has 0 bridgehead atoms. The van der Waals surface area contributed by atoms with Crippen LogP contribution in [0.3, 0.4) is 0 Å². The van der Waals surface area contributed by atoms with Gasteiger partial charge in [-0.3, -0.25) is 4.79 Å². The van der Waals surface area contributed by atoms with Crippen LogP contribution in [0.2, 0.25) is 0 Å². The van der Waals surface area contributed by atoms with Crippen LogP contribution in [-0.2, 0) is 11.3 Å². The van der Waals surface area contributed by atoms with Gasteiger partial charge in [-0.25, -0.2) is 4.79 Å². The summed E-state index contributed by atoms with van der Waals surface area (Å²) < 4.78 is 0. The largest absolute Gasteiger partial charge is 0.481 e. The van der Waals surface area contributed by atoms with E-state index in [0.29, 0.717) is 6.54 Å². The van der Waals surface area contributed by atoms with E-state index in [-0.39, 0.29) is 19.0 Å². The molecule has 0 radical (unpaired) electrons. The van der Waals surface area contributed by atoms with E-state index in [2.05, 4.69) is 5.32 Å². The second-order valence-corrected chi connectivity index (χ2v) is 4.91. The number of aliphatic carboxylic acids is 1. The molecule has 2 aromatic rings. The normalized spacial score (nSPS) is 10.3. The topological polar surface area (TPSA) is 69.6 Å². The molecule has 2 rings (SSSR count). The first-order chi connectivity index (χ1) is 10.1. The number of carboxylic acid groups (broad SMARTS) is 1. The third kappa shape index (κ3) is 4.21. The standard InChI is InChI=1S/C16H18N2O3/c1-18(9-8-15(19)20)16(21)17-11-12-6-7-13-4-2-3-5-14(13)10-12/h2-7,10H,8-9,11H2,1H3,(H,17,21)(H,19,20). The second kappa shape index (κ2) is 6.74. The number of carboxylic acids is 1. The summed E-state index contributed by atoms with van der Waals surface area (Å²) in [6.07, 6.45) is -0.0557. The Kier molecular flexibility index (Phi) is 4.77. The van der Waals surface area contributed by atoms with Gasteiger partial charge in [0.15, 0.2) is 0 Å². The Balaban J connectivity index is 1.91. The summed E-state index contributed by atoms with van der Waals surface area (Å²) in [5.41, 5.74) is 1.01. The molecule has 0 unspecified atom stereocenters. The fraction of sp³-hybridized carbons (Fsp3) is 0.250. The molecule has 5 heteroatoms. The fourth-order valence-electron chi connectivity index (χ4n) is 2.03. The first kappa shape index (κ1) is 14.8. The molecule has 0 spiro atoms. The van der Waals surface area contributed by atoms with Gasteiger partial charge in [-0.05, 0) is 22.4 Å². The first-order valence-corrected chi connectivity index (χ1v) is 6.74. The summed E-state index contributed by atoms with van der Waals surface area (Å²) in [5, 5.41) is 13.7. The van der Waals surface area contributed by atoms with Crippen LogP contribution < -0.4 is 5.32 Å². The molecular formula is C16H18N2O3. The van der Waals surface area contributed by atoms with E-state index in [1.54, 1.807) is 7.05 Å². The van der Waals surface area contributed by atoms with Crippen LogP contribution in [0.1, 0.15) is 12.0 Å². The molecule has 0 aromatic heterocycles. The zero-order valence-corrected chi connectivity index (χ0v) is 11.9. The van der Waals surface area contributed by atoms with Crippen LogP contribution in [0, 0.1) is 0 Å². The quantitative estimate of drug-likeness (QED) is 0.887. The van der Waals surface area contributed by atoms with Crippen molar-refractivity contribution in [2.45, 2.75) is 13.0 Å². The number of rotatable bonds is 5. The van der Waals surface area contributed by atoms with E-state index in [4.69, 9.17) is 5.11 Å². The van der Waals surface area contributed by atoms with Gasteiger partial charge < -0.3 is 15.3 Å². The fourth-order valence-corrected chi connectivity index (χ4v) is 2.03. The van der Waals surface area contributed by atoms with Gasteiger partial charge in [0.2, 0.25) is 0 Å². The van der Waals surface area contributed by atoms with Gasteiger partial charge >= 0.3 is 12.0 Å². The molecule has 0 aliphatic rings. The predicted molar refractivity (Wildman–Crippen MR) is 81.1 cm³/mol. The lowest BCUT2D eigenvalue weighted by atomic mass is 10.1. The predicted octanol–water partition coefficient (Wildman–Crippen LogP) is 2.46. The zero-order valence-electron chi connectivity index (χ0n) is 11.9. The van der Waals surface area contributed by atoms with Crippen LogP contribution in [0.5, 0.6) is 0 Å². The van der Waals surface area contributed by atoms with E-state index >= 15 is 0 Å². The van der Waals surface area contributed by atoms with Crippen molar-refractivity contribution < 1.29 is 14.7 Å². The summed E-state index contributed by atoms with van der Waals surface area (Å²) in [5.74, 6) is -0.913. The minimum absolute atomic E-state index is 0.0557. The number of hydrogen-bond donors (Lipinski definition) is 2. The van der Waals surface area contributed by atoms with Gasteiger partial charge in [0.05, 0.1) is 6.42 Å². The lowest BCUT2D eigenvalue weighted by Crippen LogP contribution is -2.37. The molecule has 0 aliphatic carbocycles. The molecular weight excluding hydrogens is 268 g/mol. The number of benzene rings is 2. The van der Waals surface area contributed by atoms with Crippen molar-refractivity contribution in [1.29, 1.82) is 0 Å². The second-order valence-electron chi connectivity index (χ2n) is 4.91. The van der Waals surface area contributed by atoms with Crippen LogP contribution in [0.15, 0.2) is 42.5 Å². The Labute approximate surface area is 123 Å². The third-order valence-electron chi connectivity index (χ3n) is 3.27. The molecule has 2 N–H and O–H groups in total. The van der Waals surface area contributed by atoms with E-state index in [1.165, 1.54) is 4.90 Å². The van der Waals surface area contributed by atoms with Crippen LogP contribution in [-0.4, -0.2) is 35.6 Å². The highest BCUT2D eigenvalue weighted by Crippen LogP contribution is 2.15. The summed E-state index contributed by atoms with van der Waals surface area (Å²) >= 11 is 0. The minimum Gasteiger partial charge on any atom is -0.481 e. The van der Waals surface area contributed by atoms with Crippen molar-refractivity contribution in [2.75, 3.05) is 13.6 Å². The van der Waals surface area contributed by atoms with Crippen molar-refractivity contribution in [1.82, 2.24) is 10.2 Å². The van der Waals surface area contributed by atoms with E-state index in [1.807, 2.05) is 42.5 Å². The summed E-state index contributed by atoms with van der Waals surface area (Å²) in [7, 11) is 1.58. The average molecular weight is 286 g/mol. The van der Waals surface area contributed by atoms with E-state index in [0.717, 1.165) is 16.3 Å². The molecule has 0 saturated heterocycles. The van der Waals surface area contributed by atoms with Gasteiger partial charge in [0.1, 0.15) is 0 Å². The van der Waals surface area contributed by atoms with Crippen LogP contribution >= 0.6 is 0 Å². The molecule has 21 heavy (non-hydrogen) atoms. The molecule has 0 atom stereocenters. The maximum atomic E-state index is 11.8. The number of amides is 2. The molecule has 0 aliphatic heterocycles. The average Bonchev–Trinajstić information content (AvgIpc) is 2.49. The number of carbonyl (C=O) groups excluding carboxylic acids is 1. The van der Waals surface area contributed by atoms with Gasteiger partial charge in [-0.15, -0.1) is 0 Å². The van der Waals surface area contributed by atoms with Crippen molar-refractivity contribution in [3.05, 3.63) is 48.0 Å². The number of nitrogens with one attached hydrogen (secondary N) is 1. The van der Waals surface area contributed by atoms with Gasteiger partial charge in [0.25, 0.3) is 0 Å². The maximum Gasteiger partial charge on any atom is 0.317 e. The van der Waals surface area contributed by atoms with Gasteiger partial charge in [0, 0.05) is 20.1 Å². The maximum absolute atomic E-state index is 11.8. The van der Waals surface area contributed by atoms with Crippen LogP contribution in [0.25, 0.3) is 10.8 Å². The van der Waals surface area contributed by atoms with E-state index in [9.17, 15) is 9.59 Å². The lowest BCUT2D eigenvalue weighted by molar-refractivity contribution is -0.137. The molecule has 5 nitrogen and oxygen atoms in total. The highest BCUT2D eigenvalue weighted by Gasteiger charge is 2.09. The Hall–Kier alpha value is -2.56. The molecule has 0 heterocycles. The molecule has 110 valence electrons. The number of nitrogens with zero attached hydrogens (tertiary/aromatic N) is 1. The molecule has 0 fully saturated rings. The SMILES string of the molecule is CN(CCC(=O)O)C(=O)NCc1ccc2ccccc2c1. The Morgan fingerprint density at radius 2 is 1.86 bits per heavy atom. The summed E-state index contributed by atoms with van der Waals surface area (Å²) in [4.78, 5) is 23.7. The minimum atomic E-state index is -0.913. The lowest BCUT2D eigenvalue weighted by Gasteiger charge is -2.17. The van der Waals surface area contributed by atoms with Crippen molar-refractivity contribution in [3.63, 3.8) is 0 Å². The van der Waals surface area contributed by atoms with E-state index < -0.39 is 5.97 Å². The Bertz CT molecular complexity index is 655. The Morgan fingerprint density at radius 1 is 1.14 bits per heavy atom. The van der Waals surface area contributed by atoms with Gasteiger partial charge in [-0.1, -0.05) is 36.4 Å². The zero-order chi connectivity index (χ0) is 15.2. The highest BCUT2D eigenvalue weighted by atomic mass is 16.4. The third-order valence-corrected chi connectivity index (χ3v) is 3.27. The Morgan fingerprint density at radius 3 is 2.57 bits per heavy atom. The van der Waals surface area contributed by atoms with Gasteiger partial charge in [-0.2, -0.15) is 0 Å². The summed E-state index contributed by atoms with van der Waals surface area (Å²) in [6, 6.07) is 13.8. The number of fused-ring (bicyclic) bond motifs is 1. The number of hydrogen-bond acceptors (Lipinski definition) is 2. The first-order valence-electron chi connectivity index (χ1n) is 6.74. The van der Waals surface area contributed by atoms with Crippen molar-refractivity contribution in [2.24, 2.45) is 0 Å². The molecule has 2 aromatic carbocycles. The highest BCUT2D eigenvalue weighted by molar-refractivity contribution is 5.83. The number of urea groups is 1. The smallest absolute Gasteiger partial charge is 0.317 e. The molecule has 0 saturated carbocycles. The van der Waals surface area contributed by atoms with Crippen molar-refractivity contribution in [3.8, 4) is 0 Å².